The molecule has 4 fully saturated rings. The lowest BCUT2D eigenvalue weighted by Gasteiger charge is -2.45. The number of anilines is 2. The number of amides is 2. The third-order valence-corrected chi connectivity index (χ3v) is 6.80. The summed E-state index contributed by atoms with van der Waals surface area (Å²) in [6.45, 7) is 1.74. The Kier molecular flexibility index (Phi) is 5.70. The highest BCUT2D eigenvalue weighted by Crippen LogP contribution is 2.33. The quantitative estimate of drug-likeness (QED) is 0.480. The lowest BCUT2D eigenvalue weighted by molar-refractivity contribution is -0.136. The van der Waals surface area contributed by atoms with Crippen LogP contribution >= 0.6 is 0 Å². The third-order valence-electron chi connectivity index (χ3n) is 6.80. The zero-order valence-electron chi connectivity index (χ0n) is 17.6. The van der Waals surface area contributed by atoms with Gasteiger partial charge in [-0.25, -0.2) is 19.2 Å². The van der Waals surface area contributed by atoms with E-state index in [0.717, 1.165) is 19.0 Å². The molecule has 10 nitrogen and oxygen atoms in total. The van der Waals surface area contributed by atoms with Crippen LogP contribution in [0.15, 0.2) is 12.4 Å². The van der Waals surface area contributed by atoms with Crippen LogP contribution in [0.3, 0.4) is 0 Å². The van der Waals surface area contributed by atoms with E-state index in [1.165, 1.54) is 6.20 Å². The molecule has 0 aromatic carbocycles. The van der Waals surface area contributed by atoms with Gasteiger partial charge >= 0.3 is 0 Å². The Bertz CT molecular complexity index is 904. The average Bonchev–Trinajstić information content (AvgIpc) is 3.08. The largest absolute Gasteiger partial charge is 0.364 e. The summed E-state index contributed by atoms with van der Waals surface area (Å²) >= 11 is 0. The minimum Gasteiger partial charge on any atom is -0.364 e. The van der Waals surface area contributed by atoms with Crippen molar-refractivity contribution in [3.8, 4) is 0 Å². The number of hydrogen-bond acceptors (Lipinski definition) is 8. The van der Waals surface area contributed by atoms with E-state index in [0.29, 0.717) is 26.1 Å². The second-order valence-electron chi connectivity index (χ2n) is 8.87. The Balaban J connectivity index is 1.35. The fraction of sp³-hybridized carbons (Fsp3) is 0.650. The molecule has 2 amide bonds. The first kappa shape index (κ1) is 21.4. The van der Waals surface area contributed by atoms with Crippen LogP contribution in [-0.4, -0.2) is 84.0 Å². The van der Waals surface area contributed by atoms with Gasteiger partial charge in [0.2, 0.25) is 11.8 Å². The van der Waals surface area contributed by atoms with Crippen LogP contribution in [0.1, 0.15) is 19.3 Å². The van der Waals surface area contributed by atoms with Crippen molar-refractivity contribution in [3.63, 3.8) is 0 Å². The first-order valence-electron chi connectivity index (χ1n) is 11.1. The number of nitrogens with one attached hydrogen (secondary N) is 3. The topological polar surface area (TPSA) is 119 Å². The summed E-state index contributed by atoms with van der Waals surface area (Å²) in [6.07, 6.45) is 2.58. The molecule has 1 aromatic heterocycles. The fourth-order valence-corrected chi connectivity index (χ4v) is 5.30. The fourth-order valence-electron chi connectivity index (χ4n) is 5.30. The summed E-state index contributed by atoms with van der Waals surface area (Å²) < 4.78 is 28.6. The minimum absolute atomic E-state index is 0.0298. The van der Waals surface area contributed by atoms with Gasteiger partial charge in [0, 0.05) is 45.2 Å². The molecule has 5 unspecified atom stereocenters. The molecule has 5 atom stereocenters. The number of alkyl halides is 1. The lowest BCUT2D eigenvalue weighted by atomic mass is 9.98. The van der Waals surface area contributed by atoms with Crippen LogP contribution in [0, 0.1) is 11.7 Å². The number of piperazine rings is 1. The summed E-state index contributed by atoms with van der Waals surface area (Å²) in [5.41, 5.74) is 9.59. The van der Waals surface area contributed by atoms with E-state index in [4.69, 9.17) is 5.73 Å². The summed E-state index contributed by atoms with van der Waals surface area (Å²) in [4.78, 5) is 33.0. The standard InChI is InChI=1S/C20H28F2N8O2/c21-11-6-25-19-16(18(23)27-30(19)9-11)20(32)26-14-8-24-7-13(22)17(14)28-4-5-29-12(10-28)2-1-3-15(29)31/h7-8,11-12,16,18-19,25,27H,1-6,9-10,23H2,(H,26,32). The number of carbonyl (C=O) groups is 2. The molecule has 1 aromatic rings. The van der Waals surface area contributed by atoms with Gasteiger partial charge in [0.15, 0.2) is 5.82 Å². The van der Waals surface area contributed by atoms with Crippen molar-refractivity contribution in [2.75, 3.05) is 42.9 Å². The molecule has 174 valence electrons. The molecule has 0 radical (unpaired) electrons. The second-order valence-corrected chi connectivity index (χ2v) is 8.87. The Morgan fingerprint density at radius 3 is 2.97 bits per heavy atom. The normalized spacial score (nSPS) is 33.1. The van der Waals surface area contributed by atoms with Gasteiger partial charge in [0.25, 0.3) is 0 Å². The molecule has 4 aliphatic rings. The zero-order valence-corrected chi connectivity index (χ0v) is 17.6. The van der Waals surface area contributed by atoms with Crippen molar-refractivity contribution in [2.24, 2.45) is 11.7 Å². The van der Waals surface area contributed by atoms with Crippen LogP contribution in [0.5, 0.6) is 0 Å². The molecule has 4 saturated heterocycles. The molecule has 5 rings (SSSR count). The minimum atomic E-state index is -1.06. The molecule has 0 spiro atoms. The molecule has 32 heavy (non-hydrogen) atoms. The Morgan fingerprint density at radius 1 is 1.28 bits per heavy atom. The maximum Gasteiger partial charge on any atom is 0.233 e. The Hall–Kier alpha value is -2.41. The lowest BCUT2D eigenvalue weighted by Crippen LogP contribution is -2.58. The van der Waals surface area contributed by atoms with Crippen LogP contribution in [-0.2, 0) is 9.59 Å². The summed E-state index contributed by atoms with van der Waals surface area (Å²) in [7, 11) is 0. The van der Waals surface area contributed by atoms with Gasteiger partial charge in [-0.15, -0.1) is 0 Å². The Labute approximate surface area is 184 Å². The van der Waals surface area contributed by atoms with Crippen molar-refractivity contribution in [1.29, 1.82) is 0 Å². The molecule has 0 saturated carbocycles. The first-order chi connectivity index (χ1) is 15.4. The zero-order chi connectivity index (χ0) is 22.4. The van der Waals surface area contributed by atoms with E-state index in [9.17, 15) is 18.4 Å². The SMILES string of the molecule is NC1NN2CC(F)CNC2C1C(=O)Nc1cncc(F)c1N1CCN2C(=O)CCCC2C1. The van der Waals surface area contributed by atoms with Gasteiger partial charge < -0.3 is 20.9 Å². The summed E-state index contributed by atoms with van der Waals surface area (Å²) in [5, 5.41) is 7.42. The molecular weight excluding hydrogens is 422 g/mol. The highest BCUT2D eigenvalue weighted by atomic mass is 19.1. The molecule has 0 bridgehead atoms. The summed E-state index contributed by atoms with van der Waals surface area (Å²) in [5.74, 6) is -1.49. The van der Waals surface area contributed by atoms with E-state index in [1.807, 2.05) is 9.80 Å². The number of hydrogen-bond donors (Lipinski definition) is 4. The van der Waals surface area contributed by atoms with Gasteiger partial charge in [-0.1, -0.05) is 0 Å². The highest BCUT2D eigenvalue weighted by Gasteiger charge is 2.47. The predicted octanol–water partition coefficient (Wildman–Crippen LogP) is -0.651. The summed E-state index contributed by atoms with van der Waals surface area (Å²) in [6, 6.07) is 0.0298. The van der Waals surface area contributed by atoms with E-state index >= 15 is 0 Å². The maximum absolute atomic E-state index is 14.9. The van der Waals surface area contributed by atoms with Crippen LogP contribution < -0.4 is 26.7 Å². The number of rotatable bonds is 3. The molecule has 0 aliphatic carbocycles. The van der Waals surface area contributed by atoms with Crippen molar-refractivity contribution >= 4 is 23.2 Å². The Morgan fingerprint density at radius 2 is 2.12 bits per heavy atom. The van der Waals surface area contributed by atoms with Crippen LogP contribution in [0.25, 0.3) is 0 Å². The second kappa shape index (κ2) is 8.50. The van der Waals surface area contributed by atoms with Crippen molar-refractivity contribution in [1.82, 2.24) is 25.6 Å². The average molecular weight is 450 g/mol. The van der Waals surface area contributed by atoms with E-state index in [2.05, 4.69) is 21.0 Å². The molecular formula is C20H28F2N8O2. The number of pyridine rings is 1. The predicted molar refractivity (Wildman–Crippen MR) is 112 cm³/mol. The number of nitrogens with zero attached hydrogens (tertiary/aromatic N) is 4. The van der Waals surface area contributed by atoms with Gasteiger partial charge in [0.05, 0.1) is 36.3 Å². The maximum atomic E-state index is 14.9. The number of piperidine rings is 1. The van der Waals surface area contributed by atoms with Crippen LogP contribution in [0.4, 0.5) is 20.2 Å². The number of fused-ring (bicyclic) bond motifs is 2. The molecule has 4 aliphatic heterocycles. The number of carbonyl (C=O) groups excluding carboxylic acids is 2. The monoisotopic (exact) mass is 450 g/mol. The number of aromatic nitrogens is 1. The number of nitrogens with two attached hydrogens (primary N) is 1. The van der Waals surface area contributed by atoms with Gasteiger partial charge in [-0.3, -0.25) is 19.9 Å². The van der Waals surface area contributed by atoms with Gasteiger partial charge in [0.1, 0.15) is 11.9 Å². The molecule has 5 N–H and O–H groups in total. The third kappa shape index (κ3) is 3.81. The van der Waals surface area contributed by atoms with E-state index < -0.39 is 36.1 Å². The van der Waals surface area contributed by atoms with Gasteiger partial charge in [-0.2, -0.15) is 0 Å². The van der Waals surface area contributed by atoms with Crippen molar-refractivity contribution < 1.29 is 18.4 Å². The van der Waals surface area contributed by atoms with E-state index in [1.54, 1.807) is 5.01 Å². The van der Waals surface area contributed by atoms with Crippen molar-refractivity contribution in [3.05, 3.63) is 18.2 Å². The highest BCUT2D eigenvalue weighted by molar-refractivity contribution is 5.96. The van der Waals surface area contributed by atoms with E-state index in [-0.39, 0.29) is 36.4 Å². The number of halogens is 2. The smallest absolute Gasteiger partial charge is 0.233 e. The van der Waals surface area contributed by atoms with Crippen molar-refractivity contribution in [2.45, 2.75) is 43.8 Å². The molecule has 5 heterocycles. The number of hydrazine groups is 1. The first-order valence-corrected chi connectivity index (χ1v) is 11.1. The van der Waals surface area contributed by atoms with Gasteiger partial charge in [-0.05, 0) is 12.8 Å². The molecule has 12 heteroatoms. The van der Waals surface area contributed by atoms with Crippen LogP contribution in [0.2, 0.25) is 0 Å².